The molecule has 0 amide bonds. The first-order chi connectivity index (χ1) is 11.5. The quantitative estimate of drug-likeness (QED) is 0.502. The molecule has 0 saturated heterocycles. The maximum atomic E-state index is 12.2. The van der Waals surface area contributed by atoms with Crippen molar-refractivity contribution < 1.29 is 19.0 Å². The Kier molecular flexibility index (Phi) is 5.30. The number of ether oxygens (including phenoxy) is 3. The van der Waals surface area contributed by atoms with Gasteiger partial charge in [0.05, 0.1) is 25.7 Å². The first-order valence-corrected chi connectivity index (χ1v) is 8.37. The smallest absolute Gasteiger partial charge is 0.341 e. The molecule has 0 aromatic heterocycles. The maximum absolute atomic E-state index is 12.2. The van der Waals surface area contributed by atoms with Crippen molar-refractivity contribution in [2.45, 2.75) is 6.61 Å². The van der Waals surface area contributed by atoms with E-state index in [9.17, 15) is 4.79 Å². The molecule has 1 heterocycles. The number of carbonyl (C=O) groups excluding carboxylic acids is 1. The zero-order valence-electron chi connectivity index (χ0n) is 12.1. The number of esters is 1. The van der Waals surface area contributed by atoms with E-state index in [0.29, 0.717) is 35.3 Å². The van der Waals surface area contributed by atoms with E-state index in [0.717, 1.165) is 0 Å². The molecule has 0 bridgehead atoms. The molecule has 0 N–H and O–H groups in total. The fourth-order valence-corrected chi connectivity index (χ4v) is 3.15. The molecule has 0 aliphatic carbocycles. The predicted molar refractivity (Wildman–Crippen MR) is 93.0 cm³/mol. The lowest BCUT2D eigenvalue weighted by atomic mass is 10.2. The van der Waals surface area contributed by atoms with Gasteiger partial charge in [-0.1, -0.05) is 46.4 Å². The molecule has 0 fully saturated rings. The summed E-state index contributed by atoms with van der Waals surface area (Å²) in [6.07, 6.45) is 0. The molecular formula is C16H10Cl4O4. The third kappa shape index (κ3) is 3.52. The van der Waals surface area contributed by atoms with Crippen molar-refractivity contribution in [1.29, 1.82) is 0 Å². The largest absolute Gasteiger partial charge is 0.486 e. The minimum absolute atomic E-state index is 0.0227. The van der Waals surface area contributed by atoms with Gasteiger partial charge >= 0.3 is 5.97 Å². The summed E-state index contributed by atoms with van der Waals surface area (Å²) < 4.78 is 16.2. The van der Waals surface area contributed by atoms with E-state index in [2.05, 4.69) is 0 Å². The zero-order chi connectivity index (χ0) is 17.3. The summed E-state index contributed by atoms with van der Waals surface area (Å²) in [4.78, 5) is 12.2. The Morgan fingerprint density at radius 3 is 2.50 bits per heavy atom. The standard InChI is InChI=1S/C16H10Cl4O4/c17-9-1-2-10(18)14(20)13(9)16(21)24-7-8-5-11(19)15-12(6-8)22-3-4-23-15/h1-2,5-6H,3-4,7H2. The second-order valence-electron chi connectivity index (χ2n) is 4.90. The minimum atomic E-state index is -0.682. The number of benzene rings is 2. The molecule has 24 heavy (non-hydrogen) atoms. The summed E-state index contributed by atoms with van der Waals surface area (Å²) in [5.74, 6) is 0.316. The van der Waals surface area contributed by atoms with E-state index < -0.39 is 5.97 Å². The zero-order valence-corrected chi connectivity index (χ0v) is 15.1. The molecule has 1 aliphatic heterocycles. The second-order valence-corrected chi connectivity index (χ2v) is 6.50. The van der Waals surface area contributed by atoms with Crippen LogP contribution in [0.1, 0.15) is 15.9 Å². The van der Waals surface area contributed by atoms with Crippen molar-refractivity contribution in [1.82, 2.24) is 0 Å². The first kappa shape index (κ1) is 17.5. The minimum Gasteiger partial charge on any atom is -0.486 e. The van der Waals surface area contributed by atoms with Gasteiger partial charge in [-0.05, 0) is 29.8 Å². The lowest BCUT2D eigenvalue weighted by molar-refractivity contribution is 0.0472. The Bertz CT molecular complexity index is 807. The Morgan fingerprint density at radius 1 is 1.00 bits per heavy atom. The van der Waals surface area contributed by atoms with E-state index in [1.54, 1.807) is 12.1 Å². The highest BCUT2D eigenvalue weighted by Crippen LogP contribution is 2.38. The summed E-state index contributed by atoms with van der Waals surface area (Å²) >= 11 is 24.1. The molecule has 0 saturated carbocycles. The average Bonchev–Trinajstić information content (AvgIpc) is 2.57. The Hall–Kier alpha value is -1.33. The van der Waals surface area contributed by atoms with Crippen LogP contribution in [-0.2, 0) is 11.3 Å². The molecular weight excluding hydrogens is 398 g/mol. The van der Waals surface area contributed by atoms with Gasteiger partial charge in [-0.2, -0.15) is 0 Å². The van der Waals surface area contributed by atoms with Crippen molar-refractivity contribution in [3.05, 3.63) is 55.5 Å². The molecule has 126 valence electrons. The van der Waals surface area contributed by atoms with Crippen LogP contribution in [0.3, 0.4) is 0 Å². The van der Waals surface area contributed by atoms with Gasteiger partial charge < -0.3 is 14.2 Å². The summed E-state index contributed by atoms with van der Waals surface area (Å²) in [5, 5.41) is 0.816. The van der Waals surface area contributed by atoms with Crippen molar-refractivity contribution in [2.75, 3.05) is 13.2 Å². The van der Waals surface area contributed by atoms with Crippen LogP contribution in [0.15, 0.2) is 24.3 Å². The molecule has 0 atom stereocenters. The molecule has 1 aliphatic rings. The van der Waals surface area contributed by atoms with Crippen molar-refractivity contribution >= 4 is 52.4 Å². The summed E-state index contributed by atoms with van der Waals surface area (Å²) in [7, 11) is 0. The summed E-state index contributed by atoms with van der Waals surface area (Å²) in [6, 6.07) is 6.33. The normalized spacial score (nSPS) is 12.8. The molecule has 0 spiro atoms. The molecule has 8 heteroatoms. The second kappa shape index (κ2) is 7.28. The molecule has 2 aromatic rings. The highest BCUT2D eigenvalue weighted by Gasteiger charge is 2.20. The predicted octanol–water partition coefficient (Wildman–Crippen LogP) is 5.43. The van der Waals surface area contributed by atoms with Gasteiger partial charge in [0.25, 0.3) is 0 Å². The fraction of sp³-hybridized carbons (Fsp3) is 0.188. The lowest BCUT2D eigenvalue weighted by Crippen LogP contribution is -2.16. The van der Waals surface area contributed by atoms with Gasteiger partial charge in [0, 0.05) is 0 Å². The van der Waals surface area contributed by atoms with Crippen LogP contribution < -0.4 is 9.47 Å². The molecule has 2 aromatic carbocycles. The van der Waals surface area contributed by atoms with E-state index in [1.165, 1.54) is 12.1 Å². The van der Waals surface area contributed by atoms with Crippen molar-refractivity contribution in [3.63, 3.8) is 0 Å². The highest BCUT2D eigenvalue weighted by molar-refractivity contribution is 6.46. The topological polar surface area (TPSA) is 44.8 Å². The lowest BCUT2D eigenvalue weighted by Gasteiger charge is -2.20. The SMILES string of the molecule is O=C(OCc1cc(Cl)c2c(c1)OCCO2)c1c(Cl)ccc(Cl)c1Cl. The first-order valence-electron chi connectivity index (χ1n) is 6.86. The number of hydrogen-bond donors (Lipinski definition) is 0. The van der Waals surface area contributed by atoms with Crippen LogP contribution in [0.4, 0.5) is 0 Å². The van der Waals surface area contributed by atoms with Gasteiger partial charge in [-0.3, -0.25) is 0 Å². The number of fused-ring (bicyclic) bond motifs is 1. The number of carbonyl (C=O) groups is 1. The Morgan fingerprint density at radius 2 is 1.71 bits per heavy atom. The van der Waals surface area contributed by atoms with E-state index in [-0.39, 0.29) is 27.2 Å². The van der Waals surface area contributed by atoms with Gasteiger partial charge in [-0.15, -0.1) is 0 Å². The van der Waals surface area contributed by atoms with Crippen LogP contribution in [0.25, 0.3) is 0 Å². The summed E-state index contributed by atoms with van der Waals surface area (Å²) in [5.41, 5.74) is 0.668. The maximum Gasteiger partial charge on any atom is 0.341 e. The Balaban J connectivity index is 1.78. The van der Waals surface area contributed by atoms with E-state index >= 15 is 0 Å². The summed E-state index contributed by atoms with van der Waals surface area (Å²) in [6.45, 7) is 0.835. The van der Waals surface area contributed by atoms with Crippen LogP contribution in [0, 0.1) is 0 Å². The number of hydrogen-bond acceptors (Lipinski definition) is 4. The van der Waals surface area contributed by atoms with Crippen LogP contribution in [-0.4, -0.2) is 19.2 Å². The van der Waals surface area contributed by atoms with Gasteiger partial charge in [0.2, 0.25) is 0 Å². The number of halogens is 4. The molecule has 3 rings (SSSR count). The molecule has 4 nitrogen and oxygen atoms in total. The average molecular weight is 408 g/mol. The Labute approximate surface area is 158 Å². The highest BCUT2D eigenvalue weighted by atomic mass is 35.5. The van der Waals surface area contributed by atoms with Gasteiger partial charge in [0.15, 0.2) is 11.5 Å². The monoisotopic (exact) mass is 406 g/mol. The van der Waals surface area contributed by atoms with Crippen molar-refractivity contribution in [2.24, 2.45) is 0 Å². The van der Waals surface area contributed by atoms with Crippen molar-refractivity contribution in [3.8, 4) is 11.5 Å². The van der Waals surface area contributed by atoms with Gasteiger partial charge in [-0.25, -0.2) is 4.79 Å². The number of rotatable bonds is 3. The fourth-order valence-electron chi connectivity index (χ4n) is 2.18. The van der Waals surface area contributed by atoms with Gasteiger partial charge in [0.1, 0.15) is 19.8 Å². The third-order valence-electron chi connectivity index (χ3n) is 3.27. The van der Waals surface area contributed by atoms with E-state index in [4.69, 9.17) is 60.6 Å². The van der Waals surface area contributed by atoms with Crippen LogP contribution >= 0.6 is 46.4 Å². The van der Waals surface area contributed by atoms with E-state index in [1.807, 2.05) is 0 Å². The third-order valence-corrected chi connectivity index (χ3v) is 4.67. The van der Waals surface area contributed by atoms with Crippen LogP contribution in [0.2, 0.25) is 20.1 Å². The molecule has 0 radical (unpaired) electrons. The molecule has 0 unspecified atom stereocenters. The van der Waals surface area contributed by atoms with Crippen LogP contribution in [0.5, 0.6) is 11.5 Å².